The van der Waals surface area contributed by atoms with Crippen LogP contribution in [-0.2, 0) is 16.0 Å². The maximum absolute atomic E-state index is 12.2. The van der Waals surface area contributed by atoms with Crippen molar-refractivity contribution in [1.29, 1.82) is 0 Å². The van der Waals surface area contributed by atoms with Crippen LogP contribution in [0.3, 0.4) is 0 Å². The van der Waals surface area contributed by atoms with Crippen LogP contribution >= 0.6 is 12.4 Å². The maximum atomic E-state index is 12.2. The lowest BCUT2D eigenvalue weighted by Gasteiger charge is -2.16. The van der Waals surface area contributed by atoms with E-state index in [-0.39, 0.29) is 41.9 Å². The first-order valence-corrected chi connectivity index (χ1v) is 10.6. The topological polar surface area (TPSA) is 55.8 Å². The Bertz CT molecular complexity index is 888. The molecular formula is C24H32ClNO4. The molecule has 0 aromatic heterocycles. The van der Waals surface area contributed by atoms with E-state index in [0.29, 0.717) is 5.75 Å². The fourth-order valence-corrected chi connectivity index (χ4v) is 3.37. The molecule has 0 aliphatic carbocycles. The van der Waals surface area contributed by atoms with E-state index < -0.39 is 0 Å². The molecule has 6 heteroatoms. The van der Waals surface area contributed by atoms with Gasteiger partial charge >= 0.3 is 11.9 Å². The first-order valence-electron chi connectivity index (χ1n) is 10.6. The Hall–Kier alpha value is -2.11. The minimum Gasteiger partial charge on any atom is -0.422 e. The van der Waals surface area contributed by atoms with Crippen LogP contribution in [0.25, 0.3) is 10.8 Å². The molecule has 1 heterocycles. The van der Waals surface area contributed by atoms with Gasteiger partial charge in [-0.15, -0.1) is 12.4 Å². The molecule has 0 bridgehead atoms. The van der Waals surface area contributed by atoms with Crippen molar-refractivity contribution in [3.8, 4) is 11.5 Å². The average molecular weight is 434 g/mol. The van der Waals surface area contributed by atoms with E-state index in [4.69, 9.17) is 9.47 Å². The van der Waals surface area contributed by atoms with Crippen LogP contribution in [-0.4, -0.2) is 36.5 Å². The molecule has 164 valence electrons. The van der Waals surface area contributed by atoms with Crippen LogP contribution in [0.4, 0.5) is 0 Å². The van der Waals surface area contributed by atoms with E-state index in [9.17, 15) is 9.59 Å². The van der Waals surface area contributed by atoms with Crippen LogP contribution in [0.2, 0.25) is 0 Å². The van der Waals surface area contributed by atoms with E-state index in [1.807, 2.05) is 6.07 Å². The van der Waals surface area contributed by atoms with Gasteiger partial charge < -0.3 is 14.4 Å². The third-order valence-electron chi connectivity index (χ3n) is 5.25. The van der Waals surface area contributed by atoms with Crippen molar-refractivity contribution in [2.45, 2.75) is 47.0 Å². The average Bonchev–Trinajstić information content (AvgIpc) is 3.20. The number of rotatable bonds is 7. The molecule has 0 N–H and O–H groups in total. The summed E-state index contributed by atoms with van der Waals surface area (Å²) in [7, 11) is 0. The smallest absolute Gasteiger partial charge is 0.313 e. The second-order valence-electron chi connectivity index (χ2n) is 8.43. The molecule has 1 fully saturated rings. The highest BCUT2D eigenvalue weighted by atomic mass is 35.5. The molecule has 0 saturated carbocycles. The number of halogens is 1. The standard InChI is InChI=1S/C24H31NO4.ClH/c1-16(2)23(26)28-21-14-19-8-7-18(9-12-25-10-5-6-11-25)13-20(19)15-22(21)29-24(27)17(3)4;/h7-8,13-17H,5-6,9-12H2,1-4H3;1H. The summed E-state index contributed by atoms with van der Waals surface area (Å²) in [6, 6.07) is 9.87. The Morgan fingerprint density at radius 3 is 1.93 bits per heavy atom. The van der Waals surface area contributed by atoms with Gasteiger partial charge in [0, 0.05) is 6.54 Å². The van der Waals surface area contributed by atoms with E-state index in [0.717, 1.165) is 23.7 Å². The molecule has 1 aliphatic heterocycles. The lowest BCUT2D eigenvalue weighted by molar-refractivity contribution is -0.140. The van der Waals surface area contributed by atoms with Crippen molar-refractivity contribution in [2.24, 2.45) is 11.8 Å². The zero-order valence-corrected chi connectivity index (χ0v) is 19.1. The third kappa shape index (κ3) is 6.19. The highest BCUT2D eigenvalue weighted by Crippen LogP contribution is 2.34. The number of likely N-dealkylation sites (tertiary alicyclic amines) is 1. The summed E-state index contributed by atoms with van der Waals surface area (Å²) in [5, 5.41) is 1.92. The van der Waals surface area contributed by atoms with Crippen LogP contribution in [0, 0.1) is 11.8 Å². The van der Waals surface area contributed by atoms with Gasteiger partial charge in [0.15, 0.2) is 11.5 Å². The maximum Gasteiger partial charge on any atom is 0.313 e. The number of carbonyl (C=O) groups excluding carboxylic acids is 2. The van der Waals surface area contributed by atoms with Gasteiger partial charge in [-0.25, -0.2) is 0 Å². The van der Waals surface area contributed by atoms with Crippen LogP contribution in [0.5, 0.6) is 11.5 Å². The molecule has 0 amide bonds. The normalized spacial score (nSPS) is 14.2. The summed E-state index contributed by atoms with van der Waals surface area (Å²) < 4.78 is 11.1. The molecule has 5 nitrogen and oxygen atoms in total. The summed E-state index contributed by atoms with van der Waals surface area (Å²) in [4.78, 5) is 26.8. The molecule has 0 spiro atoms. The molecule has 0 atom stereocenters. The van der Waals surface area contributed by atoms with Crippen molar-refractivity contribution in [2.75, 3.05) is 19.6 Å². The number of carbonyl (C=O) groups is 2. The Morgan fingerprint density at radius 2 is 1.40 bits per heavy atom. The second kappa shape index (κ2) is 10.8. The number of esters is 2. The fourth-order valence-electron chi connectivity index (χ4n) is 3.37. The van der Waals surface area contributed by atoms with Gasteiger partial charge in [0.05, 0.1) is 11.8 Å². The van der Waals surface area contributed by atoms with Crippen LogP contribution in [0.1, 0.15) is 46.1 Å². The molecule has 2 aromatic carbocycles. The molecule has 1 aliphatic rings. The predicted octanol–water partition coefficient (Wildman–Crippen LogP) is 5.02. The first kappa shape index (κ1) is 24.2. The van der Waals surface area contributed by atoms with Crippen LogP contribution in [0.15, 0.2) is 30.3 Å². The fraction of sp³-hybridized carbons (Fsp3) is 0.500. The molecule has 0 radical (unpaired) electrons. The number of hydrogen-bond acceptors (Lipinski definition) is 5. The number of benzene rings is 2. The summed E-state index contributed by atoms with van der Waals surface area (Å²) >= 11 is 0. The molecule has 1 saturated heterocycles. The number of fused-ring (bicyclic) bond motifs is 1. The Morgan fingerprint density at radius 1 is 0.867 bits per heavy atom. The zero-order valence-electron chi connectivity index (χ0n) is 18.3. The summed E-state index contributed by atoms with van der Waals surface area (Å²) in [6.45, 7) is 10.5. The van der Waals surface area contributed by atoms with E-state index >= 15 is 0 Å². The summed E-state index contributed by atoms with van der Waals surface area (Å²) in [6.07, 6.45) is 3.57. The summed E-state index contributed by atoms with van der Waals surface area (Å²) in [5.74, 6) is -0.667. The van der Waals surface area contributed by atoms with Gasteiger partial charge in [-0.1, -0.05) is 45.9 Å². The van der Waals surface area contributed by atoms with Crippen molar-refractivity contribution >= 4 is 35.1 Å². The van der Waals surface area contributed by atoms with E-state index in [1.165, 1.54) is 31.5 Å². The van der Waals surface area contributed by atoms with Gasteiger partial charge in [-0.05, 0) is 60.8 Å². The largest absolute Gasteiger partial charge is 0.422 e. The monoisotopic (exact) mass is 433 g/mol. The van der Waals surface area contributed by atoms with E-state index in [2.05, 4.69) is 17.0 Å². The van der Waals surface area contributed by atoms with Gasteiger partial charge in [-0.2, -0.15) is 0 Å². The van der Waals surface area contributed by atoms with Crippen molar-refractivity contribution < 1.29 is 19.1 Å². The highest BCUT2D eigenvalue weighted by Gasteiger charge is 2.19. The van der Waals surface area contributed by atoms with Gasteiger partial charge in [0.2, 0.25) is 0 Å². The first-order chi connectivity index (χ1) is 13.8. The van der Waals surface area contributed by atoms with Gasteiger partial charge in [-0.3, -0.25) is 9.59 Å². The zero-order chi connectivity index (χ0) is 21.0. The number of hydrogen-bond donors (Lipinski definition) is 0. The number of ether oxygens (including phenoxy) is 2. The van der Waals surface area contributed by atoms with Crippen molar-refractivity contribution in [1.82, 2.24) is 4.90 Å². The second-order valence-corrected chi connectivity index (χ2v) is 8.43. The van der Waals surface area contributed by atoms with E-state index in [1.54, 1.807) is 39.8 Å². The minimum atomic E-state index is -0.353. The van der Waals surface area contributed by atoms with Crippen LogP contribution < -0.4 is 9.47 Å². The molecule has 0 unspecified atom stereocenters. The quantitative estimate of drug-likeness (QED) is 0.453. The van der Waals surface area contributed by atoms with Gasteiger partial charge in [0.1, 0.15) is 0 Å². The molecule has 30 heavy (non-hydrogen) atoms. The highest BCUT2D eigenvalue weighted by molar-refractivity contribution is 5.89. The number of nitrogens with zero attached hydrogens (tertiary/aromatic N) is 1. The molecule has 2 aromatic rings. The predicted molar refractivity (Wildman–Crippen MR) is 122 cm³/mol. The van der Waals surface area contributed by atoms with Gasteiger partial charge in [0.25, 0.3) is 0 Å². The molecule has 3 rings (SSSR count). The lowest BCUT2D eigenvalue weighted by atomic mass is 10.0. The lowest BCUT2D eigenvalue weighted by Crippen LogP contribution is -2.21. The Labute approximate surface area is 185 Å². The molecular weight excluding hydrogens is 402 g/mol. The third-order valence-corrected chi connectivity index (χ3v) is 5.25. The SMILES string of the molecule is CC(C)C(=O)Oc1cc2ccc(CCN3CCCC3)cc2cc1OC(=O)C(C)C.Cl. The van der Waals surface area contributed by atoms with Crippen molar-refractivity contribution in [3.63, 3.8) is 0 Å². The summed E-state index contributed by atoms with van der Waals surface area (Å²) in [5.41, 5.74) is 1.25. The van der Waals surface area contributed by atoms with Crippen molar-refractivity contribution in [3.05, 3.63) is 35.9 Å². The Balaban J connectivity index is 0.00000320. The minimum absolute atomic E-state index is 0. The Kier molecular flexibility index (Phi) is 8.68.